The molecule has 0 radical (unpaired) electrons. The molecular formula is C25H29ClF4N4O3S. The molecule has 2 saturated heterocycles. The van der Waals surface area contributed by atoms with Gasteiger partial charge >= 0.3 is 12.2 Å². The van der Waals surface area contributed by atoms with Crippen molar-refractivity contribution in [1.82, 2.24) is 19.0 Å². The molecule has 2 aromatic rings. The molecule has 2 fully saturated rings. The van der Waals surface area contributed by atoms with E-state index in [2.05, 4.69) is 0 Å². The largest absolute Gasteiger partial charge is 0.419 e. The Bertz CT molecular complexity index is 1270. The molecule has 7 nitrogen and oxygen atoms in total. The molecule has 38 heavy (non-hydrogen) atoms. The number of urea groups is 1. The number of likely N-dealkylation sites (N-methyl/N-ethyl adjacent to an activating group) is 1. The number of benzene rings is 2. The predicted molar refractivity (Wildman–Crippen MR) is 136 cm³/mol. The van der Waals surface area contributed by atoms with Crippen molar-refractivity contribution in [1.29, 1.82) is 0 Å². The molecule has 2 amide bonds. The summed E-state index contributed by atoms with van der Waals surface area (Å²) in [5.41, 5.74) is 0.0214. The third-order valence-electron chi connectivity index (χ3n) is 7.17. The Balaban J connectivity index is 1.51. The third-order valence-corrected chi connectivity index (χ3v) is 8.73. The van der Waals surface area contributed by atoms with Crippen molar-refractivity contribution in [3.8, 4) is 0 Å². The van der Waals surface area contributed by atoms with Crippen molar-refractivity contribution < 1.29 is 30.8 Å². The van der Waals surface area contributed by atoms with Gasteiger partial charge in [0.05, 0.1) is 11.8 Å². The number of rotatable bonds is 5. The van der Waals surface area contributed by atoms with Crippen LogP contribution in [-0.2, 0) is 22.7 Å². The van der Waals surface area contributed by atoms with Crippen LogP contribution >= 0.6 is 11.6 Å². The second kappa shape index (κ2) is 11.0. The average Bonchev–Trinajstić information content (AvgIpc) is 3.28. The summed E-state index contributed by atoms with van der Waals surface area (Å²) in [5.74, 6) is -1.45. The number of hydrogen-bond donors (Lipinski definition) is 0. The van der Waals surface area contributed by atoms with E-state index >= 15 is 0 Å². The first-order chi connectivity index (χ1) is 17.7. The number of amides is 2. The Hall–Kier alpha value is -2.41. The van der Waals surface area contributed by atoms with Gasteiger partial charge in [0, 0.05) is 62.8 Å². The lowest BCUT2D eigenvalue weighted by Crippen LogP contribution is -2.53. The van der Waals surface area contributed by atoms with Crippen molar-refractivity contribution >= 4 is 27.7 Å². The number of hydrogen-bond acceptors (Lipinski definition) is 4. The van der Waals surface area contributed by atoms with Crippen LogP contribution in [0.4, 0.5) is 22.4 Å². The first-order valence-corrected chi connectivity index (χ1v) is 14.3. The first-order valence-electron chi connectivity index (χ1n) is 12.0. The molecule has 0 saturated carbocycles. The Morgan fingerprint density at radius 1 is 1.03 bits per heavy atom. The normalized spacial score (nSPS) is 21.4. The van der Waals surface area contributed by atoms with Gasteiger partial charge in [-0.15, -0.1) is 0 Å². The predicted octanol–water partition coefficient (Wildman–Crippen LogP) is 4.09. The molecule has 0 aromatic heterocycles. The van der Waals surface area contributed by atoms with E-state index in [0.717, 1.165) is 24.0 Å². The van der Waals surface area contributed by atoms with Crippen molar-refractivity contribution in [2.24, 2.45) is 0 Å². The minimum atomic E-state index is -4.77. The van der Waals surface area contributed by atoms with Crippen LogP contribution in [0.25, 0.3) is 0 Å². The van der Waals surface area contributed by atoms with E-state index in [4.69, 9.17) is 11.6 Å². The van der Waals surface area contributed by atoms with Crippen molar-refractivity contribution in [3.63, 3.8) is 0 Å². The van der Waals surface area contributed by atoms with Gasteiger partial charge in [-0.25, -0.2) is 17.6 Å². The van der Waals surface area contributed by atoms with Crippen LogP contribution in [0, 0.1) is 5.82 Å². The quantitative estimate of drug-likeness (QED) is 0.503. The lowest BCUT2D eigenvalue weighted by Gasteiger charge is -2.35. The maximum atomic E-state index is 14.2. The number of likely N-dealkylation sites (tertiary alicyclic amines) is 1. The first kappa shape index (κ1) is 28.6. The van der Waals surface area contributed by atoms with E-state index < -0.39 is 27.6 Å². The highest BCUT2D eigenvalue weighted by Gasteiger charge is 2.41. The molecule has 0 N–H and O–H groups in total. The third kappa shape index (κ3) is 6.41. The van der Waals surface area contributed by atoms with Crippen LogP contribution in [0.3, 0.4) is 0 Å². The van der Waals surface area contributed by atoms with Gasteiger partial charge in [0.15, 0.2) is 0 Å². The van der Waals surface area contributed by atoms with E-state index in [1.807, 2.05) is 17.0 Å². The smallest absolute Gasteiger partial charge is 0.322 e. The van der Waals surface area contributed by atoms with Crippen LogP contribution in [-0.4, -0.2) is 92.1 Å². The lowest BCUT2D eigenvalue weighted by atomic mass is 9.93. The second-order valence-corrected chi connectivity index (χ2v) is 12.2. The minimum Gasteiger partial charge on any atom is -0.322 e. The van der Waals surface area contributed by atoms with Crippen molar-refractivity contribution in [3.05, 3.63) is 70.0 Å². The standard InChI is InChI=1S/C25H29ClF4N4O3S/c1-31(14-17-3-8-21(22(27)13-17)25(28,29)30)23-16-33(15-20(23)18-4-6-19(26)7-5-18)24(35)32-9-11-34(12-10-32)38(2,36)37/h3-8,13,20,23H,9-12,14-16H2,1-2H3/t20-,23+/m1/s1. The van der Waals surface area contributed by atoms with Gasteiger partial charge < -0.3 is 9.80 Å². The number of alkyl halides is 3. The maximum absolute atomic E-state index is 14.2. The van der Waals surface area contributed by atoms with Crippen molar-refractivity contribution in [2.45, 2.75) is 24.7 Å². The van der Waals surface area contributed by atoms with E-state index in [1.54, 1.807) is 29.0 Å². The number of carbonyl (C=O) groups excluding carboxylic acids is 1. The summed E-state index contributed by atoms with van der Waals surface area (Å²) in [6, 6.07) is 9.78. The zero-order chi connectivity index (χ0) is 27.8. The molecule has 0 aliphatic carbocycles. The van der Waals surface area contributed by atoms with Gasteiger partial charge in [0.25, 0.3) is 0 Å². The van der Waals surface area contributed by atoms with E-state index in [0.29, 0.717) is 23.7 Å². The number of nitrogens with zero attached hydrogens (tertiary/aromatic N) is 4. The number of piperazine rings is 1. The van der Waals surface area contributed by atoms with E-state index in [9.17, 15) is 30.8 Å². The van der Waals surface area contributed by atoms with Crippen LogP contribution in [0.5, 0.6) is 0 Å². The molecule has 0 unspecified atom stereocenters. The van der Waals surface area contributed by atoms with Crippen molar-refractivity contribution in [2.75, 3.05) is 52.6 Å². The average molecular weight is 577 g/mol. The SMILES string of the molecule is CN(Cc1ccc(C(F)(F)F)c(F)c1)[C@H]1CN(C(=O)N2CCN(S(C)(=O)=O)CC2)C[C@@H]1c1ccc(Cl)cc1. The fourth-order valence-electron chi connectivity index (χ4n) is 5.13. The summed E-state index contributed by atoms with van der Waals surface area (Å²) in [6.07, 6.45) is -3.63. The Morgan fingerprint density at radius 3 is 2.21 bits per heavy atom. The maximum Gasteiger partial charge on any atom is 0.419 e. The number of halogens is 5. The fraction of sp³-hybridized carbons (Fsp3) is 0.480. The van der Waals surface area contributed by atoms with Gasteiger partial charge in [-0.3, -0.25) is 4.90 Å². The van der Waals surface area contributed by atoms with Gasteiger partial charge in [0.1, 0.15) is 5.82 Å². The number of sulfonamides is 1. The molecular weight excluding hydrogens is 548 g/mol. The van der Waals surface area contributed by atoms with Crippen LogP contribution in [0.1, 0.15) is 22.6 Å². The molecule has 2 heterocycles. The minimum absolute atomic E-state index is 0.127. The molecule has 208 valence electrons. The summed E-state index contributed by atoms with van der Waals surface area (Å²) >= 11 is 6.06. The zero-order valence-corrected chi connectivity index (χ0v) is 22.5. The Labute approximate surface area is 224 Å². The molecule has 0 spiro atoms. The zero-order valence-electron chi connectivity index (χ0n) is 21.0. The number of carbonyl (C=O) groups is 1. The molecule has 13 heteroatoms. The summed E-state index contributed by atoms with van der Waals surface area (Å²) in [5, 5.41) is 0.563. The molecule has 2 atom stereocenters. The summed E-state index contributed by atoms with van der Waals surface area (Å²) < 4.78 is 78.1. The van der Waals surface area contributed by atoms with Gasteiger partial charge in [0.2, 0.25) is 10.0 Å². The molecule has 2 aliphatic rings. The van der Waals surface area contributed by atoms with Gasteiger partial charge in [-0.05, 0) is 42.4 Å². The lowest BCUT2D eigenvalue weighted by molar-refractivity contribution is -0.140. The topological polar surface area (TPSA) is 64.2 Å². The Kier molecular flexibility index (Phi) is 8.27. The summed E-state index contributed by atoms with van der Waals surface area (Å²) in [4.78, 5) is 18.6. The van der Waals surface area contributed by atoms with Gasteiger partial charge in [-0.1, -0.05) is 29.8 Å². The van der Waals surface area contributed by atoms with E-state index in [-0.39, 0.29) is 50.7 Å². The van der Waals surface area contributed by atoms with Crippen LogP contribution in [0.15, 0.2) is 42.5 Å². The van der Waals surface area contributed by atoms with E-state index in [1.165, 1.54) is 10.4 Å². The molecule has 0 bridgehead atoms. The highest BCUT2D eigenvalue weighted by atomic mass is 35.5. The van der Waals surface area contributed by atoms with Crippen LogP contribution < -0.4 is 0 Å². The second-order valence-electron chi connectivity index (χ2n) is 9.79. The van der Waals surface area contributed by atoms with Gasteiger partial charge in [-0.2, -0.15) is 17.5 Å². The highest BCUT2D eigenvalue weighted by molar-refractivity contribution is 7.88. The molecule has 4 rings (SSSR count). The highest BCUT2D eigenvalue weighted by Crippen LogP contribution is 2.34. The monoisotopic (exact) mass is 576 g/mol. The summed E-state index contributed by atoms with van der Waals surface area (Å²) in [7, 11) is -1.54. The fourth-order valence-corrected chi connectivity index (χ4v) is 6.08. The molecule has 2 aliphatic heterocycles. The van der Waals surface area contributed by atoms with Crippen LogP contribution in [0.2, 0.25) is 5.02 Å². The Morgan fingerprint density at radius 2 is 1.66 bits per heavy atom. The summed E-state index contributed by atoms with van der Waals surface area (Å²) in [6.45, 7) is 1.92. The molecule has 2 aromatic carbocycles.